The summed E-state index contributed by atoms with van der Waals surface area (Å²) in [4.78, 5) is 25.6. The van der Waals surface area contributed by atoms with Crippen molar-refractivity contribution in [2.75, 3.05) is 31.6 Å². The maximum Gasteiger partial charge on any atom is 0.246 e. The van der Waals surface area contributed by atoms with Crippen LogP contribution in [0.15, 0.2) is 53.4 Å². The van der Waals surface area contributed by atoms with E-state index in [1.807, 2.05) is 0 Å². The van der Waals surface area contributed by atoms with E-state index in [1.54, 1.807) is 55.5 Å². The lowest BCUT2D eigenvalue weighted by molar-refractivity contribution is -0.129. The number of amides is 2. The van der Waals surface area contributed by atoms with Gasteiger partial charge in [-0.2, -0.15) is 4.31 Å². The molecule has 2 amide bonds. The number of benzene rings is 2. The van der Waals surface area contributed by atoms with Gasteiger partial charge in [0.15, 0.2) is 11.5 Å². The zero-order valence-electron chi connectivity index (χ0n) is 18.3. The second kappa shape index (κ2) is 9.80. The number of carbonyl (C=O) groups is 2. The molecule has 0 radical (unpaired) electrons. The topological polar surface area (TPSA) is 114 Å². The smallest absolute Gasteiger partial charge is 0.246 e. The summed E-state index contributed by atoms with van der Waals surface area (Å²) in [6, 6.07) is 12.5. The van der Waals surface area contributed by atoms with E-state index in [1.165, 1.54) is 4.31 Å². The van der Waals surface area contributed by atoms with Crippen LogP contribution in [0.4, 0.5) is 5.69 Å². The molecule has 9 nitrogen and oxygen atoms in total. The number of fused-ring (bicyclic) bond motifs is 1. The van der Waals surface area contributed by atoms with E-state index in [2.05, 4.69) is 10.6 Å². The highest BCUT2D eigenvalue weighted by Crippen LogP contribution is 2.32. The largest absolute Gasteiger partial charge is 0.486 e. The fourth-order valence-corrected chi connectivity index (χ4v) is 5.43. The van der Waals surface area contributed by atoms with Gasteiger partial charge in [-0.25, -0.2) is 8.42 Å². The first-order chi connectivity index (χ1) is 15.8. The average molecular weight is 474 g/mol. The molecular formula is C23H27N3O6S. The van der Waals surface area contributed by atoms with Gasteiger partial charge in [0.1, 0.15) is 19.3 Å². The molecule has 2 aliphatic rings. The number of sulfonamides is 1. The van der Waals surface area contributed by atoms with Crippen LogP contribution < -0.4 is 20.1 Å². The van der Waals surface area contributed by atoms with Gasteiger partial charge in [0.25, 0.3) is 0 Å². The minimum atomic E-state index is -3.67. The molecule has 2 N–H and O–H groups in total. The van der Waals surface area contributed by atoms with Crippen LogP contribution in [0.5, 0.6) is 11.5 Å². The van der Waals surface area contributed by atoms with Gasteiger partial charge in [0.05, 0.1) is 10.8 Å². The molecule has 2 atom stereocenters. The highest BCUT2D eigenvalue weighted by atomic mass is 32.2. The molecule has 0 aromatic heterocycles. The number of piperidine rings is 1. The Labute approximate surface area is 193 Å². The second-order valence-electron chi connectivity index (χ2n) is 8.09. The van der Waals surface area contributed by atoms with Crippen LogP contribution >= 0.6 is 0 Å². The predicted octanol–water partition coefficient (Wildman–Crippen LogP) is 2.00. The molecule has 2 aromatic carbocycles. The van der Waals surface area contributed by atoms with Crippen molar-refractivity contribution in [2.45, 2.75) is 30.7 Å². The fraction of sp³-hybridized carbons (Fsp3) is 0.391. The van der Waals surface area contributed by atoms with Gasteiger partial charge < -0.3 is 20.1 Å². The molecule has 33 heavy (non-hydrogen) atoms. The van der Waals surface area contributed by atoms with Gasteiger partial charge >= 0.3 is 0 Å². The second-order valence-corrected chi connectivity index (χ2v) is 10.0. The molecule has 0 saturated carbocycles. The van der Waals surface area contributed by atoms with E-state index in [4.69, 9.17) is 9.47 Å². The first-order valence-electron chi connectivity index (χ1n) is 10.9. The minimum absolute atomic E-state index is 0.0829. The minimum Gasteiger partial charge on any atom is -0.486 e. The number of hydrogen-bond donors (Lipinski definition) is 2. The highest BCUT2D eigenvalue weighted by molar-refractivity contribution is 7.89. The summed E-state index contributed by atoms with van der Waals surface area (Å²) < 4.78 is 38.1. The van der Waals surface area contributed by atoms with E-state index in [-0.39, 0.29) is 23.3 Å². The molecule has 4 rings (SSSR count). The van der Waals surface area contributed by atoms with E-state index >= 15 is 0 Å². The number of ether oxygens (including phenoxy) is 2. The number of nitrogens with zero attached hydrogens (tertiary/aromatic N) is 1. The lowest BCUT2D eigenvalue weighted by atomic mass is 9.98. The van der Waals surface area contributed by atoms with Gasteiger partial charge in [-0.3, -0.25) is 9.59 Å². The molecule has 2 aliphatic heterocycles. The normalized spacial score (nSPS) is 19.4. The van der Waals surface area contributed by atoms with Crippen LogP contribution in [0.2, 0.25) is 0 Å². The Kier molecular flexibility index (Phi) is 6.85. The molecule has 10 heteroatoms. The zero-order valence-corrected chi connectivity index (χ0v) is 19.1. The molecule has 1 fully saturated rings. The predicted molar refractivity (Wildman–Crippen MR) is 122 cm³/mol. The van der Waals surface area contributed by atoms with E-state index in [0.29, 0.717) is 49.8 Å². The summed E-state index contributed by atoms with van der Waals surface area (Å²) in [7, 11) is -3.67. The molecule has 0 spiro atoms. The van der Waals surface area contributed by atoms with Gasteiger partial charge in [-0.1, -0.05) is 18.2 Å². The maximum absolute atomic E-state index is 12.9. The van der Waals surface area contributed by atoms with Crippen LogP contribution in [0, 0.1) is 5.92 Å². The zero-order chi connectivity index (χ0) is 23.4. The number of hydrogen-bond acceptors (Lipinski definition) is 6. The van der Waals surface area contributed by atoms with Crippen molar-refractivity contribution in [3.63, 3.8) is 0 Å². The molecule has 2 aromatic rings. The van der Waals surface area contributed by atoms with Crippen molar-refractivity contribution in [1.82, 2.24) is 9.62 Å². The lowest BCUT2D eigenvalue weighted by Gasteiger charge is -2.31. The van der Waals surface area contributed by atoms with Crippen LogP contribution in [-0.4, -0.2) is 56.9 Å². The standard InChI is InChI=1S/C23H27N3O6S/c1-16(22(27)25-18-9-10-20-21(14-18)32-13-12-31-20)24-23(28)17-6-5-11-26(15-17)33(29,30)19-7-3-2-4-8-19/h2-4,7-10,14,16-17H,5-6,11-13,15H2,1H3,(H,24,28)(H,25,27). The summed E-state index contributed by atoms with van der Waals surface area (Å²) in [5.74, 6) is -0.0789. The number of rotatable bonds is 6. The van der Waals surface area contributed by atoms with Crippen molar-refractivity contribution in [2.24, 2.45) is 5.92 Å². The Morgan fingerprint density at radius 3 is 2.55 bits per heavy atom. The molecule has 0 aliphatic carbocycles. The summed E-state index contributed by atoms with van der Waals surface area (Å²) >= 11 is 0. The number of nitrogens with one attached hydrogen (secondary N) is 2. The number of anilines is 1. The maximum atomic E-state index is 12.9. The van der Waals surface area contributed by atoms with Gasteiger partial charge in [0, 0.05) is 24.8 Å². The van der Waals surface area contributed by atoms with Crippen molar-refractivity contribution < 1.29 is 27.5 Å². The summed E-state index contributed by atoms with van der Waals surface area (Å²) in [5, 5.41) is 5.47. The first kappa shape index (κ1) is 23.1. The van der Waals surface area contributed by atoms with Crippen LogP contribution in [0.3, 0.4) is 0 Å². The Morgan fingerprint density at radius 2 is 1.79 bits per heavy atom. The van der Waals surface area contributed by atoms with Crippen molar-refractivity contribution in [3.8, 4) is 11.5 Å². The molecule has 176 valence electrons. The molecule has 1 saturated heterocycles. The third-order valence-corrected chi connectivity index (χ3v) is 7.58. The third kappa shape index (κ3) is 5.28. The third-order valence-electron chi connectivity index (χ3n) is 5.70. The summed E-state index contributed by atoms with van der Waals surface area (Å²) in [6.07, 6.45) is 1.13. The lowest BCUT2D eigenvalue weighted by Crippen LogP contribution is -2.49. The molecule has 0 bridgehead atoms. The molecule has 2 unspecified atom stereocenters. The average Bonchev–Trinajstić information content (AvgIpc) is 2.84. The summed E-state index contributed by atoms with van der Waals surface area (Å²) in [5.41, 5.74) is 0.531. The Morgan fingerprint density at radius 1 is 1.06 bits per heavy atom. The van der Waals surface area contributed by atoms with Crippen molar-refractivity contribution in [1.29, 1.82) is 0 Å². The van der Waals surface area contributed by atoms with Crippen molar-refractivity contribution >= 4 is 27.5 Å². The van der Waals surface area contributed by atoms with Gasteiger partial charge in [0.2, 0.25) is 21.8 Å². The van der Waals surface area contributed by atoms with Crippen LogP contribution in [0.25, 0.3) is 0 Å². The van der Waals surface area contributed by atoms with Gasteiger partial charge in [-0.05, 0) is 44.0 Å². The van der Waals surface area contributed by atoms with E-state index in [0.717, 1.165) is 0 Å². The van der Waals surface area contributed by atoms with E-state index < -0.39 is 22.0 Å². The molecular weight excluding hydrogens is 446 g/mol. The molecule has 2 heterocycles. The Hall–Kier alpha value is -3.11. The van der Waals surface area contributed by atoms with Crippen molar-refractivity contribution in [3.05, 3.63) is 48.5 Å². The quantitative estimate of drug-likeness (QED) is 0.663. The number of carbonyl (C=O) groups excluding carboxylic acids is 2. The summed E-state index contributed by atoms with van der Waals surface area (Å²) in [6.45, 7) is 2.95. The highest BCUT2D eigenvalue weighted by Gasteiger charge is 2.34. The Bertz CT molecular complexity index is 1120. The SMILES string of the molecule is CC(NC(=O)C1CCCN(S(=O)(=O)c2ccccc2)C1)C(=O)Nc1ccc2c(c1)OCCO2. The van der Waals surface area contributed by atoms with Crippen LogP contribution in [0.1, 0.15) is 19.8 Å². The van der Waals surface area contributed by atoms with Gasteiger partial charge in [-0.15, -0.1) is 0 Å². The monoisotopic (exact) mass is 473 g/mol. The van der Waals surface area contributed by atoms with Crippen LogP contribution in [-0.2, 0) is 19.6 Å². The first-order valence-corrected chi connectivity index (χ1v) is 12.3. The fourth-order valence-electron chi connectivity index (χ4n) is 3.88. The Balaban J connectivity index is 1.35. The van der Waals surface area contributed by atoms with E-state index in [9.17, 15) is 18.0 Å².